The zero-order chi connectivity index (χ0) is 19.7. The molecule has 1 fully saturated rings. The first kappa shape index (κ1) is 19.1. The van der Waals surface area contributed by atoms with Crippen LogP contribution in [0.4, 0.5) is 5.69 Å². The Morgan fingerprint density at radius 3 is 2.96 bits per heavy atom. The first-order chi connectivity index (χ1) is 13.5. The molecule has 2 aliphatic rings. The number of thioether (sulfide) groups is 1. The molecule has 1 saturated heterocycles. The Balaban J connectivity index is 1.43. The number of fused-ring (bicyclic) bond motifs is 1. The van der Waals surface area contributed by atoms with Gasteiger partial charge in [-0.15, -0.1) is 5.10 Å². The first-order valence-electron chi connectivity index (χ1n) is 9.55. The van der Waals surface area contributed by atoms with E-state index in [9.17, 15) is 4.79 Å². The number of anilines is 1. The molecule has 1 atom stereocenters. The third kappa shape index (κ3) is 3.58. The number of ether oxygens (including phenoxy) is 1. The zero-order valence-electron chi connectivity index (χ0n) is 16.5. The van der Waals surface area contributed by atoms with Crippen LogP contribution in [0.15, 0.2) is 41.2 Å². The van der Waals surface area contributed by atoms with Gasteiger partial charge in [0.1, 0.15) is 0 Å². The number of rotatable bonds is 6. The Morgan fingerprint density at radius 2 is 2.21 bits per heavy atom. The second-order valence-corrected chi connectivity index (χ2v) is 8.71. The number of carbonyl (C=O) groups excluding carboxylic acids is 1. The minimum atomic E-state index is -0.201. The summed E-state index contributed by atoms with van der Waals surface area (Å²) < 4.78 is 7.39. The molecule has 1 aromatic heterocycles. The number of allylic oxidation sites excluding steroid dienone is 2. The van der Waals surface area contributed by atoms with Gasteiger partial charge in [0, 0.05) is 36.5 Å². The first-order valence-corrected chi connectivity index (χ1v) is 10.5. The molecule has 148 valence electrons. The van der Waals surface area contributed by atoms with Crippen molar-refractivity contribution in [3.8, 4) is 0 Å². The summed E-state index contributed by atoms with van der Waals surface area (Å²) in [6, 6.07) is 8.30. The maximum Gasteiger partial charge on any atom is 0.209 e. The van der Waals surface area contributed by atoms with E-state index < -0.39 is 0 Å². The summed E-state index contributed by atoms with van der Waals surface area (Å²) in [4.78, 5) is 14.8. The average molecular weight is 400 g/mol. The molecule has 1 unspecified atom stereocenters. The lowest BCUT2D eigenvalue weighted by molar-refractivity contribution is -0.112. The van der Waals surface area contributed by atoms with Crippen molar-refractivity contribution in [1.29, 1.82) is 0 Å². The number of para-hydroxylation sites is 1. The number of hydrogen-bond acceptors (Lipinski definition) is 7. The lowest BCUT2D eigenvalue weighted by Gasteiger charge is -2.23. The average Bonchev–Trinajstić information content (AvgIpc) is 3.39. The van der Waals surface area contributed by atoms with Gasteiger partial charge in [0.15, 0.2) is 5.78 Å². The summed E-state index contributed by atoms with van der Waals surface area (Å²) in [5.74, 6) is 0.356. The van der Waals surface area contributed by atoms with Crippen LogP contribution in [0.25, 0.3) is 0 Å². The lowest BCUT2D eigenvalue weighted by atomic mass is 9.83. The highest BCUT2D eigenvalue weighted by Crippen LogP contribution is 2.46. The number of tetrazole rings is 1. The molecule has 8 heteroatoms. The molecular weight excluding hydrogens is 374 g/mol. The topological polar surface area (TPSA) is 73.1 Å². The van der Waals surface area contributed by atoms with Gasteiger partial charge in [0.05, 0.1) is 18.4 Å². The van der Waals surface area contributed by atoms with Crippen molar-refractivity contribution < 1.29 is 9.53 Å². The number of aromatic nitrogens is 4. The summed E-state index contributed by atoms with van der Waals surface area (Å²) in [5, 5.41) is 12.5. The highest BCUT2D eigenvalue weighted by atomic mass is 32.2. The highest BCUT2D eigenvalue weighted by molar-refractivity contribution is 7.99. The fourth-order valence-electron chi connectivity index (χ4n) is 3.98. The van der Waals surface area contributed by atoms with E-state index in [4.69, 9.17) is 4.74 Å². The Kier molecular flexibility index (Phi) is 5.25. The van der Waals surface area contributed by atoms with Crippen molar-refractivity contribution in [2.45, 2.75) is 49.9 Å². The van der Waals surface area contributed by atoms with Gasteiger partial charge < -0.3 is 9.64 Å². The van der Waals surface area contributed by atoms with Gasteiger partial charge in [-0.3, -0.25) is 4.79 Å². The fraction of sp³-hybridized carbons (Fsp3) is 0.500. The van der Waals surface area contributed by atoms with Crippen LogP contribution in [0.2, 0.25) is 0 Å². The third-order valence-electron chi connectivity index (χ3n) is 5.48. The van der Waals surface area contributed by atoms with Crippen LogP contribution in [0.3, 0.4) is 0 Å². The van der Waals surface area contributed by atoms with Crippen molar-refractivity contribution >= 4 is 23.2 Å². The van der Waals surface area contributed by atoms with E-state index >= 15 is 0 Å². The van der Waals surface area contributed by atoms with E-state index in [1.807, 2.05) is 19.2 Å². The van der Waals surface area contributed by atoms with E-state index in [1.54, 1.807) is 10.8 Å². The number of ketones is 1. The number of likely N-dealkylation sites (N-methyl/N-ethyl adjacent to an activating group) is 1. The summed E-state index contributed by atoms with van der Waals surface area (Å²) in [5.41, 5.74) is 3.20. The maximum absolute atomic E-state index is 12.7. The van der Waals surface area contributed by atoms with Crippen molar-refractivity contribution in [2.75, 3.05) is 24.3 Å². The molecular formula is C20H25N5O2S. The van der Waals surface area contributed by atoms with Crippen LogP contribution in [-0.2, 0) is 21.5 Å². The van der Waals surface area contributed by atoms with Crippen LogP contribution in [0, 0.1) is 0 Å². The molecule has 4 rings (SSSR count). The van der Waals surface area contributed by atoms with Gasteiger partial charge >= 0.3 is 0 Å². The standard InChI is InChI=1S/C20H25N5O2S/c1-20(2)16-8-4-5-9-17(16)24(3)18(20)11-14(26)13-28-19-21-22-23-25(19)12-15-7-6-10-27-15/h4-5,8-9,11,15H,6-7,10,12-13H2,1-3H3/b18-11-. The molecule has 0 spiro atoms. The maximum atomic E-state index is 12.7. The van der Waals surface area contributed by atoms with Crippen LogP contribution in [0.1, 0.15) is 32.3 Å². The molecule has 0 amide bonds. The predicted molar refractivity (Wildman–Crippen MR) is 108 cm³/mol. The number of hydrogen-bond donors (Lipinski definition) is 0. The molecule has 0 aliphatic carbocycles. The molecule has 28 heavy (non-hydrogen) atoms. The van der Waals surface area contributed by atoms with Gasteiger partial charge in [-0.25, -0.2) is 4.68 Å². The van der Waals surface area contributed by atoms with Crippen molar-refractivity contribution in [3.05, 3.63) is 41.6 Å². The monoisotopic (exact) mass is 399 g/mol. The largest absolute Gasteiger partial charge is 0.376 e. The van der Waals surface area contributed by atoms with Gasteiger partial charge in [-0.1, -0.05) is 43.8 Å². The summed E-state index contributed by atoms with van der Waals surface area (Å²) in [7, 11) is 2.02. The van der Waals surface area contributed by atoms with Gasteiger partial charge in [0.2, 0.25) is 5.16 Å². The summed E-state index contributed by atoms with van der Waals surface area (Å²) in [6.45, 7) is 5.75. The Hall–Kier alpha value is -2.19. The van der Waals surface area contributed by atoms with E-state index in [1.165, 1.54) is 17.3 Å². The number of nitrogens with zero attached hydrogens (tertiary/aromatic N) is 5. The SMILES string of the molecule is CN1/C(=C\C(=O)CSc2nnnn2CC2CCCO2)C(C)(C)c2ccccc21. The van der Waals surface area contributed by atoms with Crippen LogP contribution in [0.5, 0.6) is 0 Å². The van der Waals surface area contributed by atoms with E-state index in [0.29, 0.717) is 17.5 Å². The highest BCUT2D eigenvalue weighted by Gasteiger charge is 2.38. The molecule has 1 aromatic carbocycles. The molecule has 2 aromatic rings. The number of benzene rings is 1. The lowest BCUT2D eigenvalue weighted by Crippen LogP contribution is -2.24. The van der Waals surface area contributed by atoms with Crippen molar-refractivity contribution in [2.24, 2.45) is 0 Å². The Morgan fingerprint density at radius 1 is 1.39 bits per heavy atom. The van der Waals surface area contributed by atoms with Crippen molar-refractivity contribution in [3.63, 3.8) is 0 Å². The summed E-state index contributed by atoms with van der Waals surface area (Å²) in [6.07, 6.45) is 4.03. The Bertz CT molecular complexity index is 902. The minimum Gasteiger partial charge on any atom is -0.376 e. The molecule has 0 saturated carbocycles. The fourth-order valence-corrected chi connectivity index (χ4v) is 4.69. The molecule has 3 heterocycles. The second-order valence-electron chi connectivity index (χ2n) is 7.76. The predicted octanol–water partition coefficient (Wildman–Crippen LogP) is 2.82. The van der Waals surface area contributed by atoms with Gasteiger partial charge in [-0.2, -0.15) is 0 Å². The minimum absolute atomic E-state index is 0.0550. The van der Waals surface area contributed by atoms with Gasteiger partial charge in [0.25, 0.3) is 0 Å². The molecule has 0 N–H and O–H groups in total. The normalized spacial score (nSPS) is 22.0. The number of carbonyl (C=O) groups is 1. The van der Waals surface area contributed by atoms with Crippen LogP contribution < -0.4 is 4.90 Å². The second kappa shape index (κ2) is 7.67. The molecule has 2 aliphatic heterocycles. The zero-order valence-corrected chi connectivity index (χ0v) is 17.3. The van der Waals surface area contributed by atoms with E-state index in [-0.39, 0.29) is 17.3 Å². The van der Waals surface area contributed by atoms with Crippen molar-refractivity contribution in [1.82, 2.24) is 20.2 Å². The summed E-state index contributed by atoms with van der Waals surface area (Å²) >= 11 is 1.37. The van der Waals surface area contributed by atoms with E-state index in [2.05, 4.69) is 46.4 Å². The van der Waals surface area contributed by atoms with Gasteiger partial charge in [-0.05, 0) is 34.9 Å². The third-order valence-corrected chi connectivity index (χ3v) is 6.46. The molecule has 7 nitrogen and oxygen atoms in total. The smallest absolute Gasteiger partial charge is 0.209 e. The Labute approximate surface area is 169 Å². The van der Waals surface area contributed by atoms with E-state index in [0.717, 1.165) is 30.8 Å². The quantitative estimate of drug-likeness (QED) is 0.546. The molecule has 0 radical (unpaired) electrons. The molecule has 0 bridgehead atoms. The van der Waals surface area contributed by atoms with Crippen LogP contribution >= 0.6 is 11.8 Å². The van der Waals surface area contributed by atoms with Crippen LogP contribution in [-0.4, -0.2) is 51.5 Å².